The summed E-state index contributed by atoms with van der Waals surface area (Å²) in [5.41, 5.74) is 0.638. The molecule has 0 bridgehead atoms. The highest BCUT2D eigenvalue weighted by atomic mass is 19.4. The van der Waals surface area contributed by atoms with Gasteiger partial charge in [-0.1, -0.05) is 31.9 Å². The van der Waals surface area contributed by atoms with Crippen molar-refractivity contribution < 1.29 is 13.2 Å². The molecule has 0 radical (unpaired) electrons. The number of halogens is 3. The molecule has 0 aliphatic carbocycles. The van der Waals surface area contributed by atoms with Crippen LogP contribution < -0.4 is 0 Å². The summed E-state index contributed by atoms with van der Waals surface area (Å²) in [7, 11) is 0. The van der Waals surface area contributed by atoms with Gasteiger partial charge in [0.1, 0.15) is 11.4 Å². The fraction of sp³-hybridized carbons (Fsp3) is 0.375. The summed E-state index contributed by atoms with van der Waals surface area (Å²) in [5, 5.41) is 5.68. The number of allylic oxidation sites excluding steroid dienone is 1. The van der Waals surface area contributed by atoms with E-state index in [0.717, 1.165) is 24.5 Å². The van der Waals surface area contributed by atoms with E-state index >= 15 is 0 Å². The summed E-state index contributed by atoms with van der Waals surface area (Å²) in [5.74, 6) is 0. The Morgan fingerprint density at radius 1 is 1.18 bits per heavy atom. The Hall–Kier alpha value is -2.11. The number of hydrogen-bond acceptors (Lipinski definition) is 2. The van der Waals surface area contributed by atoms with E-state index in [4.69, 9.17) is 0 Å². The number of pyridine rings is 1. The lowest BCUT2D eigenvalue weighted by Gasteiger charge is -2.00. The van der Waals surface area contributed by atoms with Crippen LogP contribution >= 0.6 is 0 Å². The first-order valence-electron chi connectivity index (χ1n) is 7.26. The second-order valence-electron chi connectivity index (χ2n) is 5.04. The molecular formula is C16H18F3N3. The largest absolute Gasteiger partial charge is 0.432 e. The third-order valence-corrected chi connectivity index (χ3v) is 3.21. The van der Waals surface area contributed by atoms with Crippen LogP contribution in [-0.4, -0.2) is 15.2 Å². The summed E-state index contributed by atoms with van der Waals surface area (Å²) in [6, 6.07) is 4.51. The Morgan fingerprint density at radius 3 is 2.68 bits per heavy atom. The van der Waals surface area contributed by atoms with Crippen LogP contribution in [-0.2, 0) is 6.18 Å². The number of hydrogen-bond donors (Lipinski definition) is 1. The molecule has 0 aliphatic rings. The smallest absolute Gasteiger partial charge is 0.273 e. The number of nitrogens with one attached hydrogen (secondary N) is 1. The zero-order valence-electron chi connectivity index (χ0n) is 12.3. The minimum atomic E-state index is -4.43. The minimum Gasteiger partial charge on any atom is -0.273 e. The van der Waals surface area contributed by atoms with Crippen LogP contribution in [0.3, 0.4) is 0 Å². The fourth-order valence-corrected chi connectivity index (χ4v) is 2.02. The normalized spacial score (nSPS) is 12.2. The van der Waals surface area contributed by atoms with E-state index in [0.29, 0.717) is 5.69 Å². The first-order chi connectivity index (χ1) is 10.5. The fourth-order valence-electron chi connectivity index (χ4n) is 2.02. The molecule has 0 aliphatic heterocycles. The molecule has 0 aromatic carbocycles. The molecule has 2 aromatic heterocycles. The lowest BCUT2D eigenvalue weighted by molar-refractivity contribution is -0.141. The molecule has 0 unspecified atom stereocenters. The van der Waals surface area contributed by atoms with Crippen LogP contribution in [0, 0.1) is 0 Å². The molecule has 0 atom stereocenters. The molecule has 118 valence electrons. The highest BCUT2D eigenvalue weighted by Gasteiger charge is 2.33. The van der Waals surface area contributed by atoms with Gasteiger partial charge in [-0.05, 0) is 36.6 Å². The van der Waals surface area contributed by atoms with Gasteiger partial charge >= 0.3 is 6.18 Å². The first-order valence-corrected chi connectivity index (χ1v) is 7.26. The maximum atomic E-state index is 12.6. The molecule has 2 aromatic rings. The Morgan fingerprint density at radius 2 is 2.00 bits per heavy atom. The number of rotatable bonds is 6. The van der Waals surface area contributed by atoms with Crippen molar-refractivity contribution >= 4 is 6.08 Å². The maximum absolute atomic E-state index is 12.6. The third-order valence-electron chi connectivity index (χ3n) is 3.21. The van der Waals surface area contributed by atoms with E-state index in [-0.39, 0.29) is 5.69 Å². The molecule has 3 nitrogen and oxygen atoms in total. The van der Waals surface area contributed by atoms with Gasteiger partial charge in [-0.15, -0.1) is 0 Å². The van der Waals surface area contributed by atoms with Gasteiger partial charge in [0.05, 0.1) is 5.69 Å². The molecule has 0 spiro atoms. The first kappa shape index (κ1) is 16.3. The predicted molar refractivity (Wildman–Crippen MR) is 80.0 cm³/mol. The van der Waals surface area contributed by atoms with E-state index in [1.54, 1.807) is 12.3 Å². The summed E-state index contributed by atoms with van der Waals surface area (Å²) in [4.78, 5) is 4.08. The molecule has 2 rings (SSSR count). The Bertz CT molecular complexity index is 630. The van der Waals surface area contributed by atoms with Crippen LogP contribution in [0.25, 0.3) is 17.5 Å². The molecule has 22 heavy (non-hydrogen) atoms. The van der Waals surface area contributed by atoms with E-state index in [2.05, 4.69) is 23.1 Å². The Balaban J connectivity index is 2.09. The second-order valence-corrected chi connectivity index (χ2v) is 5.04. The molecule has 2 heterocycles. The minimum absolute atomic E-state index is 0.188. The van der Waals surface area contributed by atoms with Gasteiger partial charge in [0.25, 0.3) is 0 Å². The molecule has 0 amide bonds. The van der Waals surface area contributed by atoms with Crippen molar-refractivity contribution in [2.45, 2.75) is 38.8 Å². The van der Waals surface area contributed by atoms with Gasteiger partial charge in [0.15, 0.2) is 0 Å². The summed E-state index contributed by atoms with van der Waals surface area (Å²) in [6.07, 6.45) is 5.67. The van der Waals surface area contributed by atoms with Gasteiger partial charge in [0.2, 0.25) is 0 Å². The summed E-state index contributed by atoms with van der Waals surface area (Å²) < 4.78 is 37.7. The van der Waals surface area contributed by atoms with Gasteiger partial charge in [-0.2, -0.15) is 18.3 Å². The number of alkyl halides is 3. The van der Waals surface area contributed by atoms with Crippen LogP contribution in [0.2, 0.25) is 0 Å². The highest BCUT2D eigenvalue weighted by molar-refractivity contribution is 5.60. The zero-order chi connectivity index (χ0) is 16.0. The van der Waals surface area contributed by atoms with Crippen molar-refractivity contribution in [3.63, 3.8) is 0 Å². The Kier molecular flexibility index (Phi) is 5.35. The molecule has 0 saturated heterocycles. The van der Waals surface area contributed by atoms with Crippen LogP contribution in [0.1, 0.15) is 43.9 Å². The van der Waals surface area contributed by atoms with Crippen molar-refractivity contribution in [3.05, 3.63) is 41.7 Å². The SMILES string of the molecule is CCCCC/C=C/c1ccnc(-c2cc(C(F)(F)F)[nH]n2)c1. The zero-order valence-corrected chi connectivity index (χ0v) is 12.3. The average molecular weight is 309 g/mol. The third kappa shape index (κ3) is 4.44. The maximum Gasteiger partial charge on any atom is 0.432 e. The predicted octanol–water partition coefficient (Wildman–Crippen LogP) is 5.08. The summed E-state index contributed by atoms with van der Waals surface area (Å²) in [6.45, 7) is 2.15. The summed E-state index contributed by atoms with van der Waals surface area (Å²) >= 11 is 0. The van der Waals surface area contributed by atoms with Crippen LogP contribution in [0.4, 0.5) is 13.2 Å². The van der Waals surface area contributed by atoms with Gasteiger partial charge in [0, 0.05) is 6.20 Å². The highest BCUT2D eigenvalue weighted by Crippen LogP contribution is 2.29. The number of aromatic amines is 1. The van der Waals surface area contributed by atoms with Gasteiger partial charge < -0.3 is 0 Å². The van der Waals surface area contributed by atoms with Crippen molar-refractivity contribution in [1.82, 2.24) is 15.2 Å². The van der Waals surface area contributed by atoms with E-state index in [1.165, 1.54) is 12.8 Å². The van der Waals surface area contributed by atoms with E-state index in [1.807, 2.05) is 17.2 Å². The van der Waals surface area contributed by atoms with Crippen molar-refractivity contribution in [2.75, 3.05) is 0 Å². The lowest BCUT2D eigenvalue weighted by Crippen LogP contribution is -2.04. The molecule has 1 N–H and O–H groups in total. The quantitative estimate of drug-likeness (QED) is 0.756. The average Bonchev–Trinajstić information content (AvgIpc) is 2.97. The topological polar surface area (TPSA) is 41.6 Å². The van der Waals surface area contributed by atoms with Crippen molar-refractivity contribution in [1.29, 1.82) is 0 Å². The van der Waals surface area contributed by atoms with Crippen molar-refractivity contribution in [3.8, 4) is 11.4 Å². The number of aromatic nitrogens is 3. The monoisotopic (exact) mass is 309 g/mol. The number of nitrogens with zero attached hydrogens (tertiary/aromatic N) is 2. The van der Waals surface area contributed by atoms with Crippen LogP contribution in [0.5, 0.6) is 0 Å². The molecule has 0 fully saturated rings. The van der Waals surface area contributed by atoms with Crippen LogP contribution in [0.15, 0.2) is 30.5 Å². The Labute approximate surface area is 127 Å². The molecule has 0 saturated carbocycles. The molecular weight excluding hydrogens is 291 g/mol. The number of H-pyrrole nitrogens is 1. The van der Waals surface area contributed by atoms with Gasteiger partial charge in [-0.25, -0.2) is 0 Å². The van der Waals surface area contributed by atoms with E-state index in [9.17, 15) is 13.2 Å². The van der Waals surface area contributed by atoms with Crippen molar-refractivity contribution in [2.24, 2.45) is 0 Å². The van der Waals surface area contributed by atoms with Gasteiger partial charge in [-0.3, -0.25) is 10.1 Å². The van der Waals surface area contributed by atoms with E-state index < -0.39 is 11.9 Å². The second kappa shape index (κ2) is 7.24. The lowest BCUT2D eigenvalue weighted by atomic mass is 10.1. The standard InChI is InChI=1S/C16H18F3N3/c1-2-3-4-5-6-7-12-8-9-20-13(10-12)14-11-15(22-21-14)16(17,18)19/h6-11H,2-5H2,1H3,(H,21,22)/b7-6+. The number of unbranched alkanes of at least 4 members (excludes halogenated alkanes) is 3. The molecule has 6 heteroatoms.